The van der Waals surface area contributed by atoms with Crippen molar-refractivity contribution in [2.24, 2.45) is 5.73 Å². The third kappa shape index (κ3) is 2.19. The van der Waals surface area contributed by atoms with Crippen molar-refractivity contribution in [3.8, 4) is 11.5 Å². The molecular weight excluding hydrogens is 246 g/mol. The van der Waals surface area contributed by atoms with Crippen LogP contribution in [0.25, 0.3) is 0 Å². The minimum absolute atomic E-state index is 0.165. The average molecular weight is 260 g/mol. The molecule has 3 N–H and O–H groups in total. The van der Waals surface area contributed by atoms with Crippen LogP contribution < -0.4 is 10.5 Å². The van der Waals surface area contributed by atoms with Crippen LogP contribution in [0.5, 0.6) is 11.5 Å². The molecule has 0 saturated carbocycles. The second kappa shape index (κ2) is 4.66. The first kappa shape index (κ1) is 11.3. The zero-order chi connectivity index (χ0) is 10.7. The Morgan fingerprint density at radius 1 is 1.57 bits per heavy atom. The molecule has 1 aromatic carbocycles. The number of halogens is 1. The zero-order valence-corrected chi connectivity index (χ0v) is 9.84. The predicted molar refractivity (Wildman–Crippen MR) is 59.6 cm³/mol. The molecule has 0 unspecified atom stereocenters. The number of phenols is 1. The Morgan fingerprint density at radius 2 is 2.21 bits per heavy atom. The number of aromatic hydroxyl groups is 1. The summed E-state index contributed by atoms with van der Waals surface area (Å²) in [5.74, 6) is 0.883. The van der Waals surface area contributed by atoms with E-state index in [0.717, 1.165) is 6.42 Å². The van der Waals surface area contributed by atoms with Gasteiger partial charge >= 0.3 is 0 Å². The molecule has 0 bridgehead atoms. The maximum absolute atomic E-state index is 9.74. The molecular formula is C10H14BrNO2. The second-order valence-corrected chi connectivity index (χ2v) is 3.92. The Bertz CT molecular complexity index is 328. The van der Waals surface area contributed by atoms with Crippen LogP contribution in [0, 0.1) is 0 Å². The van der Waals surface area contributed by atoms with E-state index in [-0.39, 0.29) is 11.8 Å². The van der Waals surface area contributed by atoms with Crippen LogP contribution in [0.3, 0.4) is 0 Å². The normalized spacial score (nSPS) is 12.6. The highest BCUT2D eigenvalue weighted by atomic mass is 79.9. The first-order chi connectivity index (χ1) is 6.60. The van der Waals surface area contributed by atoms with Gasteiger partial charge in [0.15, 0.2) is 0 Å². The molecule has 4 heteroatoms. The summed E-state index contributed by atoms with van der Waals surface area (Å²) in [6.45, 7) is 1.97. The van der Waals surface area contributed by atoms with Gasteiger partial charge in [0.25, 0.3) is 0 Å². The first-order valence-corrected chi connectivity index (χ1v) is 5.21. The van der Waals surface area contributed by atoms with Crippen LogP contribution in [0.2, 0.25) is 0 Å². The number of phenolic OH excluding ortho intramolecular Hbond substituents is 1. The molecule has 0 fully saturated rings. The minimum Gasteiger partial charge on any atom is -0.506 e. The quantitative estimate of drug-likeness (QED) is 0.878. The van der Waals surface area contributed by atoms with Crippen LogP contribution in [0.4, 0.5) is 0 Å². The third-order valence-corrected chi connectivity index (χ3v) is 2.75. The van der Waals surface area contributed by atoms with Crippen LogP contribution in [0.15, 0.2) is 16.6 Å². The molecule has 0 amide bonds. The molecule has 0 spiro atoms. The highest BCUT2D eigenvalue weighted by Gasteiger charge is 2.13. The smallest absolute Gasteiger partial charge is 0.134 e. The van der Waals surface area contributed by atoms with Crippen molar-refractivity contribution in [3.63, 3.8) is 0 Å². The predicted octanol–water partition coefficient (Wildman–Crippen LogP) is 2.57. The summed E-state index contributed by atoms with van der Waals surface area (Å²) in [5, 5.41) is 9.74. The lowest BCUT2D eigenvalue weighted by Gasteiger charge is -2.14. The molecule has 3 nitrogen and oxygen atoms in total. The van der Waals surface area contributed by atoms with Crippen molar-refractivity contribution in [3.05, 3.63) is 22.2 Å². The third-order valence-electron chi connectivity index (χ3n) is 2.14. The molecule has 14 heavy (non-hydrogen) atoms. The van der Waals surface area contributed by atoms with E-state index in [2.05, 4.69) is 15.9 Å². The lowest BCUT2D eigenvalue weighted by Crippen LogP contribution is -2.09. The zero-order valence-electron chi connectivity index (χ0n) is 8.25. The van der Waals surface area contributed by atoms with Gasteiger partial charge in [-0.1, -0.05) is 6.92 Å². The summed E-state index contributed by atoms with van der Waals surface area (Å²) >= 11 is 3.25. The standard InChI is InChI=1S/C10H14BrNO2/c1-3-9(12)7-4-6(14-2)5-8(11)10(7)13/h4-5,9,13H,3,12H2,1-2H3/t9-/m1/s1. The Labute approximate surface area is 92.0 Å². The Hall–Kier alpha value is -0.740. The molecule has 0 saturated heterocycles. The number of ether oxygens (including phenoxy) is 1. The van der Waals surface area contributed by atoms with E-state index in [1.54, 1.807) is 19.2 Å². The van der Waals surface area contributed by atoms with E-state index in [1.165, 1.54) is 0 Å². The second-order valence-electron chi connectivity index (χ2n) is 3.06. The Kier molecular flexibility index (Phi) is 3.77. The van der Waals surface area contributed by atoms with E-state index >= 15 is 0 Å². The number of hydrogen-bond acceptors (Lipinski definition) is 3. The molecule has 0 aliphatic heterocycles. The van der Waals surface area contributed by atoms with Crippen LogP contribution in [-0.4, -0.2) is 12.2 Å². The Morgan fingerprint density at radius 3 is 2.71 bits per heavy atom. The van der Waals surface area contributed by atoms with Gasteiger partial charge < -0.3 is 15.6 Å². The van der Waals surface area contributed by atoms with Gasteiger partial charge in [0.2, 0.25) is 0 Å². The maximum atomic E-state index is 9.74. The fourth-order valence-corrected chi connectivity index (χ4v) is 1.67. The summed E-state index contributed by atoms with van der Waals surface area (Å²) in [6.07, 6.45) is 0.771. The molecule has 0 aliphatic rings. The van der Waals surface area contributed by atoms with Crippen molar-refractivity contribution < 1.29 is 9.84 Å². The molecule has 1 rings (SSSR count). The minimum atomic E-state index is -0.165. The van der Waals surface area contributed by atoms with E-state index in [1.807, 2.05) is 6.92 Å². The summed E-state index contributed by atoms with van der Waals surface area (Å²) in [5.41, 5.74) is 6.56. The topological polar surface area (TPSA) is 55.5 Å². The van der Waals surface area contributed by atoms with Crippen molar-refractivity contribution >= 4 is 15.9 Å². The van der Waals surface area contributed by atoms with Gasteiger partial charge in [0.1, 0.15) is 11.5 Å². The number of hydrogen-bond donors (Lipinski definition) is 2. The number of benzene rings is 1. The van der Waals surface area contributed by atoms with Gasteiger partial charge in [-0.25, -0.2) is 0 Å². The molecule has 0 aliphatic carbocycles. The Balaban J connectivity index is 3.20. The SMILES string of the molecule is CC[C@@H](N)c1cc(OC)cc(Br)c1O. The molecule has 0 heterocycles. The van der Waals surface area contributed by atoms with Crippen molar-refractivity contribution in [1.82, 2.24) is 0 Å². The number of rotatable bonds is 3. The van der Waals surface area contributed by atoms with E-state index in [9.17, 15) is 5.11 Å². The fourth-order valence-electron chi connectivity index (χ4n) is 1.21. The van der Waals surface area contributed by atoms with Crippen LogP contribution >= 0.6 is 15.9 Å². The maximum Gasteiger partial charge on any atom is 0.134 e. The number of methoxy groups -OCH3 is 1. The summed E-state index contributed by atoms with van der Waals surface area (Å²) < 4.78 is 5.70. The summed E-state index contributed by atoms with van der Waals surface area (Å²) in [6, 6.07) is 3.30. The van der Waals surface area contributed by atoms with Crippen molar-refractivity contribution in [2.75, 3.05) is 7.11 Å². The van der Waals surface area contributed by atoms with Gasteiger partial charge in [0.05, 0.1) is 11.6 Å². The monoisotopic (exact) mass is 259 g/mol. The number of nitrogens with two attached hydrogens (primary N) is 1. The highest BCUT2D eigenvalue weighted by Crippen LogP contribution is 2.36. The van der Waals surface area contributed by atoms with E-state index in [4.69, 9.17) is 10.5 Å². The molecule has 1 atom stereocenters. The molecule has 78 valence electrons. The van der Waals surface area contributed by atoms with Crippen LogP contribution in [-0.2, 0) is 0 Å². The van der Waals surface area contributed by atoms with Gasteiger partial charge in [-0.15, -0.1) is 0 Å². The van der Waals surface area contributed by atoms with Crippen molar-refractivity contribution in [1.29, 1.82) is 0 Å². The van der Waals surface area contributed by atoms with E-state index in [0.29, 0.717) is 15.8 Å². The van der Waals surface area contributed by atoms with Crippen molar-refractivity contribution in [2.45, 2.75) is 19.4 Å². The van der Waals surface area contributed by atoms with Gasteiger partial charge in [-0.05, 0) is 34.5 Å². The van der Waals surface area contributed by atoms with Gasteiger partial charge in [0, 0.05) is 11.6 Å². The summed E-state index contributed by atoms with van der Waals surface area (Å²) in [4.78, 5) is 0. The fraction of sp³-hybridized carbons (Fsp3) is 0.400. The summed E-state index contributed by atoms with van der Waals surface area (Å²) in [7, 11) is 1.58. The molecule has 0 aromatic heterocycles. The molecule has 1 aromatic rings. The van der Waals surface area contributed by atoms with Gasteiger partial charge in [-0.3, -0.25) is 0 Å². The van der Waals surface area contributed by atoms with Crippen LogP contribution in [0.1, 0.15) is 24.9 Å². The van der Waals surface area contributed by atoms with Gasteiger partial charge in [-0.2, -0.15) is 0 Å². The van der Waals surface area contributed by atoms with E-state index < -0.39 is 0 Å². The highest BCUT2D eigenvalue weighted by molar-refractivity contribution is 9.10. The average Bonchev–Trinajstić information content (AvgIpc) is 2.20. The first-order valence-electron chi connectivity index (χ1n) is 4.42. The lowest BCUT2D eigenvalue weighted by atomic mass is 10.0. The lowest BCUT2D eigenvalue weighted by molar-refractivity contribution is 0.408. The largest absolute Gasteiger partial charge is 0.506 e. The molecule has 0 radical (unpaired) electrons.